The quantitative estimate of drug-likeness (QED) is 0.755. The van der Waals surface area contributed by atoms with Crippen LogP contribution in [0.4, 0.5) is 14.5 Å². The van der Waals surface area contributed by atoms with Gasteiger partial charge in [-0.25, -0.2) is 8.78 Å². The summed E-state index contributed by atoms with van der Waals surface area (Å²) in [7, 11) is 0. The first-order valence-corrected chi connectivity index (χ1v) is 4.61. The summed E-state index contributed by atoms with van der Waals surface area (Å²) >= 11 is 0. The van der Waals surface area contributed by atoms with Crippen LogP contribution in [0.1, 0.15) is 6.42 Å². The molecule has 1 aliphatic rings. The Morgan fingerprint density at radius 3 is 2.73 bits per heavy atom. The van der Waals surface area contributed by atoms with Crippen LogP contribution in [0, 0.1) is 11.6 Å². The fourth-order valence-electron chi connectivity index (χ4n) is 1.63. The lowest BCUT2D eigenvalue weighted by Crippen LogP contribution is -2.34. The Bertz CT molecular complexity index is 408. The number of carbonyl (C=O) groups is 1. The fraction of sp³-hybridized carbons (Fsp3) is 0.300. The van der Waals surface area contributed by atoms with Crippen LogP contribution >= 0.6 is 0 Å². The molecule has 0 radical (unpaired) electrons. The molecule has 1 aromatic carbocycles. The molecular weight excluding hydrogens is 202 g/mol. The van der Waals surface area contributed by atoms with Gasteiger partial charge < -0.3 is 10.6 Å². The van der Waals surface area contributed by atoms with E-state index < -0.39 is 17.7 Å². The molecule has 0 aliphatic carbocycles. The lowest BCUT2D eigenvalue weighted by molar-refractivity contribution is -0.118. The number of benzene rings is 1. The van der Waals surface area contributed by atoms with Crippen molar-refractivity contribution in [1.29, 1.82) is 0 Å². The van der Waals surface area contributed by atoms with Gasteiger partial charge in [-0.15, -0.1) is 0 Å². The lowest BCUT2D eigenvalue weighted by atomic mass is 10.2. The molecule has 0 spiro atoms. The summed E-state index contributed by atoms with van der Waals surface area (Å²) in [5, 5.41) is 0. The Morgan fingerprint density at radius 1 is 1.40 bits per heavy atom. The van der Waals surface area contributed by atoms with Crippen molar-refractivity contribution in [2.45, 2.75) is 12.5 Å². The van der Waals surface area contributed by atoms with Gasteiger partial charge in [-0.05, 0) is 18.6 Å². The van der Waals surface area contributed by atoms with Crippen LogP contribution in [-0.2, 0) is 4.79 Å². The molecule has 1 amide bonds. The van der Waals surface area contributed by atoms with Crippen LogP contribution in [-0.4, -0.2) is 18.5 Å². The van der Waals surface area contributed by atoms with E-state index in [9.17, 15) is 13.6 Å². The molecule has 5 heteroatoms. The van der Waals surface area contributed by atoms with Gasteiger partial charge in [0, 0.05) is 12.6 Å². The molecule has 15 heavy (non-hydrogen) atoms. The number of nitrogens with zero attached hydrogens (tertiary/aromatic N) is 1. The van der Waals surface area contributed by atoms with E-state index in [1.165, 1.54) is 4.90 Å². The summed E-state index contributed by atoms with van der Waals surface area (Å²) in [5.74, 6) is -1.54. The van der Waals surface area contributed by atoms with Crippen LogP contribution in [0.5, 0.6) is 0 Å². The van der Waals surface area contributed by atoms with Crippen molar-refractivity contribution < 1.29 is 13.6 Å². The highest BCUT2D eigenvalue weighted by Crippen LogP contribution is 2.24. The van der Waals surface area contributed by atoms with Gasteiger partial charge in [0.15, 0.2) is 0 Å². The standard InChI is InChI=1S/C10H10F2N2O/c11-6-1-2-7(12)9(5-6)14-4-3-8(13)10(14)15/h1-2,5,8H,3-4,13H2. The molecule has 0 saturated carbocycles. The molecule has 0 aromatic heterocycles. The summed E-state index contributed by atoms with van der Waals surface area (Å²) in [6, 6.07) is 2.42. The first-order chi connectivity index (χ1) is 7.09. The molecule has 1 aromatic rings. The third-order valence-electron chi connectivity index (χ3n) is 2.45. The van der Waals surface area contributed by atoms with Crippen LogP contribution in [0.15, 0.2) is 18.2 Å². The number of anilines is 1. The van der Waals surface area contributed by atoms with E-state index in [1.54, 1.807) is 0 Å². The van der Waals surface area contributed by atoms with Crippen molar-refractivity contribution in [2.24, 2.45) is 5.73 Å². The van der Waals surface area contributed by atoms with E-state index in [0.29, 0.717) is 13.0 Å². The van der Waals surface area contributed by atoms with Crippen LogP contribution in [0.3, 0.4) is 0 Å². The smallest absolute Gasteiger partial charge is 0.244 e. The number of carbonyl (C=O) groups excluding carboxylic acids is 1. The topological polar surface area (TPSA) is 46.3 Å². The minimum Gasteiger partial charge on any atom is -0.320 e. The fourth-order valence-corrected chi connectivity index (χ4v) is 1.63. The highest BCUT2D eigenvalue weighted by atomic mass is 19.1. The second kappa shape index (κ2) is 3.58. The zero-order valence-corrected chi connectivity index (χ0v) is 7.91. The lowest BCUT2D eigenvalue weighted by Gasteiger charge is -2.16. The van der Waals surface area contributed by atoms with Gasteiger partial charge in [-0.1, -0.05) is 0 Å². The molecule has 3 nitrogen and oxygen atoms in total. The minimum atomic E-state index is -0.612. The van der Waals surface area contributed by atoms with Gasteiger partial charge in [0.1, 0.15) is 11.6 Å². The molecule has 80 valence electrons. The van der Waals surface area contributed by atoms with E-state index in [-0.39, 0.29) is 11.6 Å². The zero-order valence-electron chi connectivity index (χ0n) is 7.91. The minimum absolute atomic E-state index is 0.0343. The Kier molecular flexibility index (Phi) is 2.40. The van der Waals surface area contributed by atoms with Gasteiger partial charge in [0.05, 0.1) is 11.7 Å². The summed E-state index contributed by atoms with van der Waals surface area (Å²) in [5.41, 5.74) is 5.45. The number of nitrogens with two attached hydrogens (primary N) is 1. The molecule has 1 saturated heterocycles. The Hall–Kier alpha value is -1.49. The average Bonchev–Trinajstić information content (AvgIpc) is 2.52. The highest BCUT2D eigenvalue weighted by Gasteiger charge is 2.31. The average molecular weight is 212 g/mol. The van der Waals surface area contributed by atoms with Crippen molar-refractivity contribution in [1.82, 2.24) is 0 Å². The van der Waals surface area contributed by atoms with E-state index >= 15 is 0 Å². The predicted molar refractivity (Wildman–Crippen MR) is 51.3 cm³/mol. The first kappa shape index (κ1) is 10.0. The third kappa shape index (κ3) is 1.70. The number of amides is 1. The maximum absolute atomic E-state index is 13.3. The molecule has 1 fully saturated rings. The molecular formula is C10H10F2N2O. The van der Waals surface area contributed by atoms with Crippen molar-refractivity contribution in [3.63, 3.8) is 0 Å². The monoisotopic (exact) mass is 212 g/mol. The number of hydrogen-bond acceptors (Lipinski definition) is 2. The Balaban J connectivity index is 2.37. The van der Waals surface area contributed by atoms with E-state index in [4.69, 9.17) is 5.73 Å². The van der Waals surface area contributed by atoms with Gasteiger partial charge in [0.25, 0.3) is 0 Å². The number of hydrogen-bond donors (Lipinski definition) is 1. The summed E-state index contributed by atoms with van der Waals surface area (Å²) < 4.78 is 26.2. The van der Waals surface area contributed by atoms with Crippen LogP contribution in [0.2, 0.25) is 0 Å². The molecule has 0 bridgehead atoms. The summed E-state index contributed by atoms with van der Waals surface area (Å²) in [6.45, 7) is 0.334. The van der Waals surface area contributed by atoms with Crippen molar-refractivity contribution in [3.05, 3.63) is 29.8 Å². The number of halogens is 2. The molecule has 2 N–H and O–H groups in total. The second-order valence-electron chi connectivity index (χ2n) is 3.48. The SMILES string of the molecule is NC1CCN(c2cc(F)ccc2F)C1=O. The Morgan fingerprint density at radius 2 is 2.13 bits per heavy atom. The van der Waals surface area contributed by atoms with Gasteiger partial charge in [0.2, 0.25) is 5.91 Å². The van der Waals surface area contributed by atoms with Crippen molar-refractivity contribution in [2.75, 3.05) is 11.4 Å². The maximum Gasteiger partial charge on any atom is 0.244 e. The largest absolute Gasteiger partial charge is 0.320 e. The van der Waals surface area contributed by atoms with Gasteiger partial charge in [-0.2, -0.15) is 0 Å². The molecule has 1 aliphatic heterocycles. The van der Waals surface area contributed by atoms with Gasteiger partial charge in [-0.3, -0.25) is 4.79 Å². The predicted octanol–water partition coefficient (Wildman–Crippen LogP) is 1.03. The Labute approximate surface area is 85.5 Å². The van der Waals surface area contributed by atoms with Crippen LogP contribution in [0.25, 0.3) is 0 Å². The zero-order chi connectivity index (χ0) is 11.0. The van der Waals surface area contributed by atoms with Gasteiger partial charge >= 0.3 is 0 Å². The van der Waals surface area contributed by atoms with E-state index in [0.717, 1.165) is 18.2 Å². The number of rotatable bonds is 1. The third-order valence-corrected chi connectivity index (χ3v) is 2.45. The normalized spacial score (nSPS) is 21.1. The summed E-state index contributed by atoms with van der Waals surface area (Å²) in [4.78, 5) is 12.7. The van der Waals surface area contributed by atoms with Crippen LogP contribution < -0.4 is 10.6 Å². The summed E-state index contributed by atoms with van der Waals surface area (Å²) in [6.07, 6.45) is 0.467. The highest BCUT2D eigenvalue weighted by molar-refractivity contribution is 5.99. The van der Waals surface area contributed by atoms with Crippen molar-refractivity contribution >= 4 is 11.6 Å². The molecule has 1 unspecified atom stereocenters. The van der Waals surface area contributed by atoms with E-state index in [2.05, 4.69) is 0 Å². The molecule has 2 rings (SSSR count). The maximum atomic E-state index is 13.3. The first-order valence-electron chi connectivity index (χ1n) is 4.61. The molecule has 1 atom stereocenters. The second-order valence-corrected chi connectivity index (χ2v) is 3.48. The molecule has 1 heterocycles. The van der Waals surface area contributed by atoms with Crippen molar-refractivity contribution in [3.8, 4) is 0 Å². The van der Waals surface area contributed by atoms with E-state index in [1.807, 2.05) is 0 Å².